The Labute approximate surface area is 140 Å². The molecule has 0 N–H and O–H groups in total. The van der Waals surface area contributed by atoms with Gasteiger partial charge in [-0.05, 0) is 57.3 Å². The smallest absolute Gasteiger partial charge is 0.384 e. The average molecular weight is 356 g/mol. The highest BCUT2D eigenvalue weighted by Gasteiger charge is 2.35. The molecule has 0 aliphatic carbocycles. The lowest BCUT2D eigenvalue weighted by Gasteiger charge is -2.34. The van der Waals surface area contributed by atoms with Crippen molar-refractivity contribution < 1.29 is 13.0 Å². The van der Waals surface area contributed by atoms with Crippen LogP contribution in [0.25, 0.3) is 0 Å². The Hall–Kier alpha value is -0.249. The Morgan fingerprint density at radius 1 is 0.909 bits per heavy atom. The monoisotopic (exact) mass is 355 g/mol. The highest BCUT2D eigenvalue weighted by atomic mass is 28.4. The van der Waals surface area contributed by atoms with Gasteiger partial charge in [-0.15, -0.1) is 0 Å². The van der Waals surface area contributed by atoms with Crippen LogP contribution in [0.3, 0.4) is 0 Å². The van der Waals surface area contributed by atoms with E-state index in [1.165, 1.54) is 5.19 Å². The molecule has 6 heteroatoms. The summed E-state index contributed by atoms with van der Waals surface area (Å²) in [5.41, 5.74) is 0. The molecule has 1 aromatic carbocycles. The van der Waals surface area contributed by atoms with Gasteiger partial charge in [-0.3, -0.25) is 0 Å². The number of hydrogen-bond acceptors (Lipinski definition) is 3. The second-order valence-corrected chi connectivity index (χ2v) is 16.7. The SMILES string of the molecule is CCO[Si](CC[Si](C)(C)O[Si](C)(C)c1ccccc1)OCC. The molecule has 0 saturated heterocycles. The zero-order chi connectivity index (χ0) is 16.6. The summed E-state index contributed by atoms with van der Waals surface area (Å²) in [5.74, 6) is 0. The molecule has 0 amide bonds. The molecule has 1 aromatic rings. The maximum absolute atomic E-state index is 6.70. The summed E-state index contributed by atoms with van der Waals surface area (Å²) in [5, 5.41) is 1.37. The van der Waals surface area contributed by atoms with Gasteiger partial charge in [-0.1, -0.05) is 30.3 Å². The van der Waals surface area contributed by atoms with E-state index in [1.54, 1.807) is 0 Å². The van der Waals surface area contributed by atoms with Gasteiger partial charge in [0, 0.05) is 13.2 Å². The molecule has 0 aliphatic rings. The van der Waals surface area contributed by atoms with Gasteiger partial charge in [0.15, 0.2) is 8.32 Å². The zero-order valence-corrected chi connectivity index (χ0v) is 17.9. The van der Waals surface area contributed by atoms with Crippen molar-refractivity contribution in [2.75, 3.05) is 13.2 Å². The minimum Gasteiger partial charge on any atom is -0.452 e. The van der Waals surface area contributed by atoms with Crippen LogP contribution in [0, 0.1) is 0 Å². The summed E-state index contributed by atoms with van der Waals surface area (Å²) in [4.78, 5) is 0. The van der Waals surface area contributed by atoms with Crippen molar-refractivity contribution in [2.45, 2.75) is 52.1 Å². The lowest BCUT2D eigenvalue weighted by atomic mass is 10.4. The van der Waals surface area contributed by atoms with Crippen molar-refractivity contribution in [2.24, 2.45) is 0 Å². The van der Waals surface area contributed by atoms with Crippen LogP contribution in [0.5, 0.6) is 0 Å². The third-order valence-electron chi connectivity index (χ3n) is 3.54. The van der Waals surface area contributed by atoms with E-state index >= 15 is 0 Å². The van der Waals surface area contributed by atoms with Crippen molar-refractivity contribution in [3.8, 4) is 0 Å². The maximum Gasteiger partial charge on any atom is 0.384 e. The predicted octanol–water partition coefficient (Wildman–Crippen LogP) is 3.88. The highest BCUT2D eigenvalue weighted by molar-refractivity contribution is 6.92. The minimum absolute atomic E-state index is 0.737. The Kier molecular flexibility index (Phi) is 8.23. The number of hydrogen-bond donors (Lipinski definition) is 0. The molecule has 0 aromatic heterocycles. The van der Waals surface area contributed by atoms with Crippen LogP contribution in [0.2, 0.25) is 38.3 Å². The van der Waals surface area contributed by atoms with Crippen LogP contribution < -0.4 is 5.19 Å². The molecule has 1 rings (SSSR count). The van der Waals surface area contributed by atoms with Crippen molar-refractivity contribution in [1.82, 2.24) is 0 Å². The molecule has 0 fully saturated rings. The van der Waals surface area contributed by atoms with Crippen molar-refractivity contribution in [1.29, 1.82) is 0 Å². The van der Waals surface area contributed by atoms with Crippen LogP contribution in [0.1, 0.15) is 13.8 Å². The molecule has 0 unspecified atom stereocenters. The van der Waals surface area contributed by atoms with E-state index < -0.39 is 25.9 Å². The standard InChI is InChI=1S/C16H31O3Si3/c1-7-17-20(18-8-2)14-15-21(3,4)19-22(5,6)16-12-10-9-11-13-16/h9-13H,7-8,14-15H2,1-6H3. The molecule has 0 spiro atoms. The van der Waals surface area contributed by atoms with Gasteiger partial charge in [0.1, 0.15) is 0 Å². The van der Waals surface area contributed by atoms with Crippen LogP contribution in [0.15, 0.2) is 30.3 Å². The number of benzene rings is 1. The molecule has 0 heterocycles. The van der Waals surface area contributed by atoms with Gasteiger partial charge < -0.3 is 13.0 Å². The second-order valence-electron chi connectivity index (χ2n) is 6.48. The molecule has 3 nitrogen and oxygen atoms in total. The molecule has 0 saturated carbocycles. The molecular weight excluding hydrogens is 324 g/mol. The normalized spacial score (nSPS) is 12.9. The average Bonchev–Trinajstić information content (AvgIpc) is 2.45. The van der Waals surface area contributed by atoms with Crippen molar-refractivity contribution in [3.63, 3.8) is 0 Å². The van der Waals surface area contributed by atoms with Gasteiger partial charge in [0.05, 0.1) is 0 Å². The van der Waals surface area contributed by atoms with Crippen molar-refractivity contribution >= 4 is 31.1 Å². The topological polar surface area (TPSA) is 27.7 Å². The van der Waals surface area contributed by atoms with Gasteiger partial charge in [-0.2, -0.15) is 0 Å². The van der Waals surface area contributed by atoms with Gasteiger partial charge in [0.25, 0.3) is 0 Å². The molecule has 1 radical (unpaired) electrons. The third-order valence-corrected chi connectivity index (χ3v) is 13.4. The zero-order valence-electron chi connectivity index (χ0n) is 14.9. The van der Waals surface area contributed by atoms with E-state index in [1.807, 2.05) is 13.8 Å². The van der Waals surface area contributed by atoms with E-state index in [0.717, 1.165) is 25.3 Å². The second kappa shape index (κ2) is 9.15. The van der Waals surface area contributed by atoms with E-state index in [2.05, 4.69) is 56.5 Å². The lowest BCUT2D eigenvalue weighted by molar-refractivity contribution is 0.214. The number of rotatable bonds is 10. The molecule has 125 valence electrons. The first kappa shape index (κ1) is 19.8. The highest BCUT2D eigenvalue weighted by Crippen LogP contribution is 2.21. The fourth-order valence-corrected chi connectivity index (χ4v) is 14.2. The summed E-state index contributed by atoms with van der Waals surface area (Å²) in [7, 11) is -4.68. The summed E-state index contributed by atoms with van der Waals surface area (Å²) >= 11 is 0. The summed E-state index contributed by atoms with van der Waals surface area (Å²) in [6.45, 7) is 14.8. The first-order valence-electron chi connectivity index (χ1n) is 8.18. The van der Waals surface area contributed by atoms with Gasteiger partial charge >= 0.3 is 9.28 Å². The first-order valence-corrected chi connectivity index (χ1v) is 15.7. The van der Waals surface area contributed by atoms with E-state index in [9.17, 15) is 0 Å². The Morgan fingerprint density at radius 2 is 1.45 bits per heavy atom. The van der Waals surface area contributed by atoms with Crippen LogP contribution >= 0.6 is 0 Å². The minimum atomic E-state index is -1.83. The summed E-state index contributed by atoms with van der Waals surface area (Å²) in [6, 6.07) is 12.8. The molecule has 0 bridgehead atoms. The Balaban J connectivity index is 2.62. The van der Waals surface area contributed by atoms with Crippen LogP contribution in [-0.4, -0.2) is 39.1 Å². The lowest BCUT2D eigenvalue weighted by Crippen LogP contribution is -2.52. The first-order chi connectivity index (χ1) is 10.3. The van der Waals surface area contributed by atoms with E-state index in [4.69, 9.17) is 13.0 Å². The fourth-order valence-electron chi connectivity index (χ4n) is 2.55. The fraction of sp³-hybridized carbons (Fsp3) is 0.625. The quantitative estimate of drug-likeness (QED) is 0.596. The molecule has 0 aliphatic heterocycles. The predicted molar refractivity (Wildman–Crippen MR) is 101 cm³/mol. The summed E-state index contributed by atoms with van der Waals surface area (Å²) < 4.78 is 18.2. The Morgan fingerprint density at radius 3 is 1.95 bits per heavy atom. The van der Waals surface area contributed by atoms with Crippen molar-refractivity contribution in [3.05, 3.63) is 30.3 Å². The van der Waals surface area contributed by atoms with Crippen LogP contribution in [0.4, 0.5) is 0 Å². The Bertz CT molecular complexity index is 418. The molecule has 0 atom stereocenters. The van der Waals surface area contributed by atoms with Crippen LogP contribution in [-0.2, 0) is 13.0 Å². The maximum atomic E-state index is 6.70. The van der Waals surface area contributed by atoms with Gasteiger partial charge in [0.2, 0.25) is 8.32 Å². The summed E-state index contributed by atoms with van der Waals surface area (Å²) in [6.07, 6.45) is 0. The largest absolute Gasteiger partial charge is 0.452 e. The molecule has 22 heavy (non-hydrogen) atoms. The van der Waals surface area contributed by atoms with E-state index in [0.29, 0.717) is 0 Å². The third kappa shape index (κ3) is 6.89. The molecular formula is C16H31O3Si3. The van der Waals surface area contributed by atoms with Gasteiger partial charge in [-0.25, -0.2) is 0 Å². The van der Waals surface area contributed by atoms with E-state index in [-0.39, 0.29) is 0 Å².